The van der Waals surface area contributed by atoms with Crippen LogP contribution in [0.2, 0.25) is 0 Å². The van der Waals surface area contributed by atoms with Crippen LogP contribution in [-0.2, 0) is 26.6 Å². The zero-order valence-corrected chi connectivity index (χ0v) is 9.24. The number of hydrogen-bond acceptors (Lipinski definition) is 3. The van der Waals surface area contributed by atoms with E-state index in [1.54, 1.807) is 0 Å². The zero-order valence-electron chi connectivity index (χ0n) is 8.43. The Morgan fingerprint density at radius 1 is 1.25 bits per heavy atom. The van der Waals surface area contributed by atoms with Crippen LogP contribution in [-0.4, -0.2) is 45.8 Å². The second-order valence-electron chi connectivity index (χ2n) is 3.53. The second kappa shape index (κ2) is 7.58. The van der Waals surface area contributed by atoms with Gasteiger partial charge in [-0.15, -0.1) is 0 Å². The molecule has 1 atom stereocenters. The number of rotatable bonds is 6. The van der Waals surface area contributed by atoms with E-state index in [-0.39, 0.29) is 41.6 Å². The van der Waals surface area contributed by atoms with E-state index >= 15 is 0 Å². The Balaban J connectivity index is 0.00000128. The molecule has 1 unspecified atom stereocenters. The Hall–Kier alpha value is 0.290. The van der Waals surface area contributed by atoms with Crippen molar-refractivity contribution in [3.8, 4) is 0 Å². The first-order valence-electron chi connectivity index (χ1n) is 5.02. The predicted molar refractivity (Wildman–Crippen MR) is 65.5 cm³/mol. The molecule has 1 aliphatic rings. The van der Waals surface area contributed by atoms with Crippen molar-refractivity contribution in [2.45, 2.75) is 24.7 Å². The van der Waals surface area contributed by atoms with Crippen molar-refractivity contribution in [1.29, 1.82) is 0 Å². The molecule has 84 valence electrons. The molecule has 0 aromatic heterocycles. The van der Waals surface area contributed by atoms with Crippen molar-refractivity contribution in [3.63, 3.8) is 0 Å². The van der Waals surface area contributed by atoms with E-state index in [0.717, 1.165) is 18.4 Å². The van der Waals surface area contributed by atoms with Gasteiger partial charge >= 0.3 is 29.6 Å². The first-order chi connectivity index (χ1) is 7.36. The van der Waals surface area contributed by atoms with Crippen LogP contribution in [0, 0.1) is 0 Å². The Kier molecular flexibility index (Phi) is 6.80. The van der Waals surface area contributed by atoms with Gasteiger partial charge in [0.15, 0.2) is 17.9 Å². The summed E-state index contributed by atoms with van der Waals surface area (Å²) in [6.45, 7) is 0.612. The minimum atomic E-state index is -1.14. The molecule has 2 rings (SSSR count). The maximum atomic E-state index is 11.2. The van der Waals surface area contributed by atoms with Crippen molar-refractivity contribution < 1.29 is 13.1 Å². The first kappa shape index (κ1) is 14.4. The van der Waals surface area contributed by atoms with Crippen LogP contribution >= 0.6 is 0 Å². The standard InChI is InChI=1S/C11H14O3S.Na.H/c12-15(11-6-7-11)14-9-13-8-10-4-2-1-3-5-10;;/h1-5,11H,6-9H2;;. The second-order valence-corrected chi connectivity index (χ2v) is 4.95. The summed E-state index contributed by atoms with van der Waals surface area (Å²) in [7, 11) is 0. The Morgan fingerprint density at radius 2 is 1.94 bits per heavy atom. The number of benzene rings is 1. The van der Waals surface area contributed by atoms with Crippen molar-refractivity contribution in [2.24, 2.45) is 0 Å². The third kappa shape index (κ3) is 5.08. The van der Waals surface area contributed by atoms with Gasteiger partial charge in [-0.05, 0) is 18.4 Å². The van der Waals surface area contributed by atoms with Gasteiger partial charge in [0, 0.05) is 0 Å². The summed E-state index contributed by atoms with van der Waals surface area (Å²) >= 11 is -1.14. The molecule has 0 spiro atoms. The van der Waals surface area contributed by atoms with Gasteiger partial charge in [-0.1, -0.05) is 30.3 Å². The minimum absolute atomic E-state index is 0. The van der Waals surface area contributed by atoms with Crippen LogP contribution < -0.4 is 0 Å². The fourth-order valence-corrected chi connectivity index (χ4v) is 2.05. The molecule has 1 aromatic carbocycles. The van der Waals surface area contributed by atoms with Gasteiger partial charge in [0.1, 0.15) is 0 Å². The summed E-state index contributed by atoms with van der Waals surface area (Å²) in [4.78, 5) is 0. The van der Waals surface area contributed by atoms with Gasteiger partial charge in [-0.25, -0.2) is 4.21 Å². The van der Waals surface area contributed by atoms with Crippen LogP contribution in [0.3, 0.4) is 0 Å². The molecular formula is C11H15NaO3S. The van der Waals surface area contributed by atoms with E-state index in [4.69, 9.17) is 8.92 Å². The summed E-state index contributed by atoms with van der Waals surface area (Å²) in [5, 5.41) is 0.255. The molecule has 16 heavy (non-hydrogen) atoms. The van der Waals surface area contributed by atoms with Gasteiger partial charge < -0.3 is 4.74 Å². The SMILES string of the molecule is O=S(OCOCc1ccccc1)C1CC1.[NaH]. The predicted octanol–water partition coefficient (Wildman–Crippen LogP) is 1.35. The first-order valence-corrected chi connectivity index (χ1v) is 6.15. The van der Waals surface area contributed by atoms with Crippen molar-refractivity contribution in [1.82, 2.24) is 0 Å². The Labute approximate surface area is 120 Å². The molecule has 0 heterocycles. The summed E-state index contributed by atoms with van der Waals surface area (Å²) in [5.74, 6) is 0. The van der Waals surface area contributed by atoms with Gasteiger partial charge in [-0.2, -0.15) is 0 Å². The average Bonchev–Trinajstić information content (AvgIpc) is 3.09. The topological polar surface area (TPSA) is 35.5 Å². The molecule has 1 fully saturated rings. The van der Waals surface area contributed by atoms with Crippen molar-refractivity contribution >= 4 is 40.6 Å². The van der Waals surface area contributed by atoms with Gasteiger partial charge in [0.05, 0.1) is 11.9 Å². The number of hydrogen-bond donors (Lipinski definition) is 0. The summed E-state index contributed by atoms with van der Waals surface area (Å²) in [6, 6.07) is 9.85. The molecule has 5 heteroatoms. The average molecular weight is 250 g/mol. The summed E-state index contributed by atoms with van der Waals surface area (Å²) in [6.07, 6.45) is 2.04. The molecule has 0 radical (unpaired) electrons. The number of ether oxygens (including phenoxy) is 1. The van der Waals surface area contributed by atoms with Crippen LogP contribution in [0.25, 0.3) is 0 Å². The molecule has 1 aromatic rings. The van der Waals surface area contributed by atoms with Crippen LogP contribution in [0.4, 0.5) is 0 Å². The summed E-state index contributed by atoms with van der Waals surface area (Å²) in [5.41, 5.74) is 1.10. The third-order valence-corrected chi connectivity index (χ3v) is 3.50. The molecule has 1 aliphatic carbocycles. The fraction of sp³-hybridized carbons (Fsp3) is 0.455. The van der Waals surface area contributed by atoms with Crippen molar-refractivity contribution in [3.05, 3.63) is 35.9 Å². The Morgan fingerprint density at radius 3 is 2.56 bits per heavy atom. The zero-order chi connectivity index (χ0) is 10.5. The Bertz CT molecular complexity index is 327. The normalized spacial score (nSPS) is 16.5. The van der Waals surface area contributed by atoms with Crippen molar-refractivity contribution in [2.75, 3.05) is 6.79 Å². The molecule has 1 saturated carbocycles. The van der Waals surface area contributed by atoms with E-state index in [1.807, 2.05) is 30.3 Å². The monoisotopic (exact) mass is 250 g/mol. The maximum absolute atomic E-state index is 11.2. The fourth-order valence-electron chi connectivity index (χ4n) is 1.17. The molecule has 3 nitrogen and oxygen atoms in total. The van der Waals surface area contributed by atoms with Gasteiger partial charge in [-0.3, -0.25) is 4.18 Å². The van der Waals surface area contributed by atoms with E-state index in [0.29, 0.717) is 6.61 Å². The molecular weight excluding hydrogens is 235 g/mol. The van der Waals surface area contributed by atoms with E-state index in [2.05, 4.69) is 0 Å². The quantitative estimate of drug-likeness (QED) is 0.434. The van der Waals surface area contributed by atoms with E-state index < -0.39 is 11.1 Å². The molecule has 0 aliphatic heterocycles. The third-order valence-electron chi connectivity index (χ3n) is 2.16. The summed E-state index contributed by atoms with van der Waals surface area (Å²) < 4.78 is 21.5. The van der Waals surface area contributed by atoms with Crippen LogP contribution in [0.1, 0.15) is 18.4 Å². The van der Waals surface area contributed by atoms with Crippen LogP contribution in [0.5, 0.6) is 0 Å². The molecule has 0 bridgehead atoms. The molecule has 0 N–H and O–H groups in total. The van der Waals surface area contributed by atoms with E-state index in [9.17, 15) is 4.21 Å². The van der Waals surface area contributed by atoms with Crippen LogP contribution in [0.15, 0.2) is 30.3 Å². The molecule has 0 saturated heterocycles. The van der Waals surface area contributed by atoms with E-state index in [1.165, 1.54) is 0 Å². The molecule has 0 amide bonds. The van der Waals surface area contributed by atoms with Gasteiger partial charge in [0.2, 0.25) is 0 Å². The van der Waals surface area contributed by atoms with Gasteiger partial charge in [0.25, 0.3) is 0 Å².